The largest absolute Gasteiger partial charge is 0.340 e. The molecule has 0 bridgehead atoms. The van der Waals surface area contributed by atoms with Gasteiger partial charge < -0.3 is 10.2 Å². The molecule has 118 valence electrons. The maximum absolute atomic E-state index is 12.3. The molecule has 0 aliphatic rings. The van der Waals surface area contributed by atoms with Crippen LogP contribution in [0.5, 0.6) is 0 Å². The van der Waals surface area contributed by atoms with Crippen LogP contribution in [-0.4, -0.2) is 47.8 Å². The van der Waals surface area contributed by atoms with E-state index in [1.54, 1.807) is 16.6 Å². The Morgan fingerprint density at radius 3 is 2.45 bits per heavy atom. The first kappa shape index (κ1) is 16.5. The summed E-state index contributed by atoms with van der Waals surface area (Å²) in [5, 5.41) is 8.12. The van der Waals surface area contributed by atoms with Gasteiger partial charge in [-0.3, -0.25) is 4.79 Å². The Kier molecular flexibility index (Phi) is 5.21. The van der Waals surface area contributed by atoms with Crippen molar-refractivity contribution in [2.24, 2.45) is 0 Å². The fraction of sp³-hybridized carbons (Fsp3) is 0.375. The molecule has 0 unspecified atom stereocenters. The van der Waals surface area contributed by atoms with E-state index >= 15 is 0 Å². The van der Waals surface area contributed by atoms with Gasteiger partial charge in [-0.05, 0) is 45.2 Å². The number of likely N-dealkylation sites (N-methyl/N-ethyl adjacent to an activating group) is 2. The number of carbonyl (C=O) groups is 1. The first-order valence-electron chi connectivity index (χ1n) is 7.18. The van der Waals surface area contributed by atoms with Crippen molar-refractivity contribution in [1.29, 1.82) is 0 Å². The minimum Gasteiger partial charge on any atom is -0.340 e. The van der Waals surface area contributed by atoms with E-state index in [4.69, 9.17) is 11.6 Å². The molecule has 0 aliphatic carbocycles. The average Bonchev–Trinajstić information content (AvgIpc) is 2.79. The molecule has 1 heterocycles. The normalized spacial score (nSPS) is 10.8. The summed E-state index contributed by atoms with van der Waals surface area (Å²) in [4.78, 5) is 14.0. The van der Waals surface area contributed by atoms with Crippen LogP contribution in [-0.2, 0) is 0 Å². The van der Waals surface area contributed by atoms with E-state index in [0.29, 0.717) is 17.1 Å². The van der Waals surface area contributed by atoms with Crippen LogP contribution in [0.4, 0.5) is 0 Å². The van der Waals surface area contributed by atoms with Gasteiger partial charge in [-0.1, -0.05) is 11.6 Å². The van der Waals surface area contributed by atoms with Gasteiger partial charge in [-0.15, -0.1) is 0 Å². The van der Waals surface area contributed by atoms with Crippen molar-refractivity contribution >= 4 is 17.5 Å². The van der Waals surface area contributed by atoms with E-state index in [1.807, 2.05) is 45.2 Å². The molecular formula is C16H21ClN4O. The maximum atomic E-state index is 12.3. The number of nitrogens with one attached hydrogen (secondary N) is 1. The quantitative estimate of drug-likeness (QED) is 0.920. The van der Waals surface area contributed by atoms with Gasteiger partial charge in [0.2, 0.25) is 0 Å². The Labute approximate surface area is 135 Å². The molecule has 1 N–H and O–H groups in total. The molecule has 1 aromatic heterocycles. The van der Waals surface area contributed by atoms with Gasteiger partial charge in [0.15, 0.2) is 0 Å². The number of nitrogens with zero attached hydrogens (tertiary/aromatic N) is 3. The molecular weight excluding hydrogens is 300 g/mol. The molecule has 0 saturated heterocycles. The molecule has 1 aromatic carbocycles. The molecule has 0 aliphatic heterocycles. The Balaban J connectivity index is 2.20. The highest BCUT2D eigenvalue weighted by Crippen LogP contribution is 2.22. The summed E-state index contributed by atoms with van der Waals surface area (Å²) in [7, 11) is 3.67. The highest BCUT2D eigenvalue weighted by Gasteiger charge is 2.13. The van der Waals surface area contributed by atoms with Crippen LogP contribution in [0.1, 0.15) is 21.7 Å². The molecule has 2 aromatic rings. The number of rotatable bonds is 5. The van der Waals surface area contributed by atoms with Crippen molar-refractivity contribution in [3.05, 3.63) is 46.2 Å². The lowest BCUT2D eigenvalue weighted by Gasteiger charge is -2.17. The Morgan fingerprint density at radius 1 is 1.32 bits per heavy atom. The minimum absolute atomic E-state index is 0.00759. The van der Waals surface area contributed by atoms with E-state index in [-0.39, 0.29) is 5.91 Å². The Bertz CT molecular complexity index is 664. The van der Waals surface area contributed by atoms with E-state index in [2.05, 4.69) is 10.4 Å². The van der Waals surface area contributed by atoms with Crippen molar-refractivity contribution in [1.82, 2.24) is 20.0 Å². The first-order chi connectivity index (χ1) is 10.5. The number of aryl methyl sites for hydroxylation is 1. The summed E-state index contributed by atoms with van der Waals surface area (Å²) in [6.45, 7) is 5.24. The van der Waals surface area contributed by atoms with Crippen LogP contribution in [0.2, 0.25) is 5.02 Å². The summed E-state index contributed by atoms with van der Waals surface area (Å²) in [5.74, 6) is 0.00759. The Hall–Kier alpha value is -1.85. The minimum atomic E-state index is 0.00759. The van der Waals surface area contributed by atoms with Crippen molar-refractivity contribution < 1.29 is 4.79 Å². The fourth-order valence-electron chi connectivity index (χ4n) is 2.22. The lowest BCUT2D eigenvalue weighted by atomic mass is 10.2. The van der Waals surface area contributed by atoms with E-state index in [1.165, 1.54) is 0 Å². The number of halogens is 1. The first-order valence-corrected chi connectivity index (χ1v) is 7.55. The third kappa shape index (κ3) is 3.31. The summed E-state index contributed by atoms with van der Waals surface area (Å²) >= 11 is 6.17. The standard InChI is InChI=1S/C16H21ClN4O/c1-11-15(17)12(2)21(19-11)14-7-5-13(6-8-14)16(22)20(4)10-9-18-3/h5-8,18H,9-10H2,1-4H3. The molecule has 0 spiro atoms. The molecule has 22 heavy (non-hydrogen) atoms. The highest BCUT2D eigenvalue weighted by molar-refractivity contribution is 6.31. The summed E-state index contributed by atoms with van der Waals surface area (Å²) in [6, 6.07) is 7.40. The monoisotopic (exact) mass is 320 g/mol. The zero-order chi connectivity index (χ0) is 16.3. The van der Waals surface area contributed by atoms with Crippen LogP contribution >= 0.6 is 11.6 Å². The highest BCUT2D eigenvalue weighted by atomic mass is 35.5. The van der Waals surface area contributed by atoms with Crippen LogP contribution in [0, 0.1) is 13.8 Å². The zero-order valence-electron chi connectivity index (χ0n) is 13.4. The fourth-order valence-corrected chi connectivity index (χ4v) is 2.34. The number of carbonyl (C=O) groups excluding carboxylic acids is 1. The predicted octanol–water partition coefficient (Wildman–Crippen LogP) is 2.43. The molecule has 0 atom stereocenters. The van der Waals surface area contributed by atoms with Crippen molar-refractivity contribution in [2.75, 3.05) is 27.2 Å². The van der Waals surface area contributed by atoms with E-state index in [9.17, 15) is 4.79 Å². The molecule has 0 saturated carbocycles. The predicted molar refractivity (Wildman–Crippen MR) is 88.9 cm³/mol. The number of aromatic nitrogens is 2. The van der Waals surface area contributed by atoms with Crippen LogP contribution in [0.15, 0.2) is 24.3 Å². The second-order valence-electron chi connectivity index (χ2n) is 5.27. The lowest BCUT2D eigenvalue weighted by Crippen LogP contribution is -2.32. The van der Waals surface area contributed by atoms with Gasteiger partial charge in [-0.25, -0.2) is 4.68 Å². The topological polar surface area (TPSA) is 50.2 Å². The number of benzene rings is 1. The average molecular weight is 321 g/mol. The van der Waals surface area contributed by atoms with Crippen LogP contribution < -0.4 is 5.32 Å². The number of hydrogen-bond donors (Lipinski definition) is 1. The number of hydrogen-bond acceptors (Lipinski definition) is 3. The van der Waals surface area contributed by atoms with Crippen molar-refractivity contribution in [3.63, 3.8) is 0 Å². The molecule has 0 fully saturated rings. The summed E-state index contributed by atoms with van der Waals surface area (Å²) < 4.78 is 1.79. The second kappa shape index (κ2) is 6.94. The van der Waals surface area contributed by atoms with Gasteiger partial charge in [0, 0.05) is 25.7 Å². The molecule has 1 amide bonds. The van der Waals surface area contributed by atoms with E-state index < -0.39 is 0 Å². The second-order valence-corrected chi connectivity index (χ2v) is 5.65. The van der Waals surface area contributed by atoms with Gasteiger partial charge in [0.25, 0.3) is 5.91 Å². The van der Waals surface area contributed by atoms with Gasteiger partial charge in [0.05, 0.1) is 22.1 Å². The zero-order valence-corrected chi connectivity index (χ0v) is 14.1. The van der Waals surface area contributed by atoms with Crippen molar-refractivity contribution in [2.45, 2.75) is 13.8 Å². The van der Waals surface area contributed by atoms with Crippen LogP contribution in [0.3, 0.4) is 0 Å². The SMILES string of the molecule is CNCCN(C)C(=O)c1ccc(-n2nc(C)c(Cl)c2C)cc1. The van der Waals surface area contributed by atoms with Gasteiger partial charge >= 0.3 is 0 Å². The summed E-state index contributed by atoms with van der Waals surface area (Å²) in [5.41, 5.74) is 3.24. The molecule has 5 nitrogen and oxygen atoms in total. The molecule has 0 radical (unpaired) electrons. The summed E-state index contributed by atoms with van der Waals surface area (Å²) in [6.07, 6.45) is 0. The lowest BCUT2D eigenvalue weighted by molar-refractivity contribution is 0.0797. The Morgan fingerprint density at radius 2 is 1.95 bits per heavy atom. The van der Waals surface area contributed by atoms with Crippen molar-refractivity contribution in [3.8, 4) is 5.69 Å². The maximum Gasteiger partial charge on any atom is 0.253 e. The van der Waals surface area contributed by atoms with Gasteiger partial charge in [-0.2, -0.15) is 5.10 Å². The molecule has 2 rings (SSSR count). The van der Waals surface area contributed by atoms with E-state index in [0.717, 1.165) is 23.6 Å². The smallest absolute Gasteiger partial charge is 0.253 e. The van der Waals surface area contributed by atoms with Gasteiger partial charge in [0.1, 0.15) is 0 Å². The third-order valence-electron chi connectivity index (χ3n) is 3.61. The molecule has 6 heteroatoms. The third-order valence-corrected chi connectivity index (χ3v) is 4.15. The van der Waals surface area contributed by atoms with Crippen LogP contribution in [0.25, 0.3) is 5.69 Å². The number of amides is 1.